The molecule has 146 valence electrons. The number of hydrogen-bond donors (Lipinski definition) is 0. The Bertz CT molecular complexity index is 833. The van der Waals surface area contributed by atoms with E-state index in [0.717, 1.165) is 11.3 Å². The van der Waals surface area contributed by atoms with Gasteiger partial charge in [0.05, 0.1) is 18.6 Å². The smallest absolute Gasteiger partial charge is 0.336 e. The van der Waals surface area contributed by atoms with E-state index in [1.807, 2.05) is 24.3 Å². The van der Waals surface area contributed by atoms with Crippen LogP contribution in [0.5, 0.6) is 5.75 Å². The molecule has 0 unspecified atom stereocenters. The van der Waals surface area contributed by atoms with Gasteiger partial charge in [-0.1, -0.05) is 30.3 Å². The molecule has 2 rings (SSSR count). The predicted octanol–water partition coefficient (Wildman–Crippen LogP) is 3.36. The largest absolute Gasteiger partial charge is 0.497 e. The van der Waals surface area contributed by atoms with Crippen LogP contribution in [0.25, 0.3) is 0 Å². The molecular formula is C20H24O6S. The first kappa shape index (κ1) is 20.9. The Balaban J connectivity index is 2.04. The van der Waals surface area contributed by atoms with Gasteiger partial charge in [0, 0.05) is 0 Å². The van der Waals surface area contributed by atoms with E-state index in [9.17, 15) is 13.2 Å². The Hall–Kier alpha value is -2.38. The van der Waals surface area contributed by atoms with Crippen molar-refractivity contribution in [2.24, 2.45) is 0 Å². The van der Waals surface area contributed by atoms with Gasteiger partial charge in [-0.05, 0) is 56.0 Å². The maximum atomic E-state index is 12.4. The minimum atomic E-state index is -4.05. The summed E-state index contributed by atoms with van der Waals surface area (Å²) in [7, 11) is -2.45. The molecule has 1 atom stereocenters. The number of aryl methyl sites for hydroxylation is 1. The number of hydrogen-bond acceptors (Lipinski definition) is 6. The fraction of sp³-hybridized carbons (Fsp3) is 0.350. The molecule has 0 spiro atoms. The number of carbonyl (C=O) groups is 1. The van der Waals surface area contributed by atoms with Crippen LogP contribution < -0.4 is 4.74 Å². The number of benzene rings is 2. The zero-order valence-electron chi connectivity index (χ0n) is 15.5. The number of rotatable bonds is 10. The zero-order valence-corrected chi connectivity index (χ0v) is 16.3. The standard InChI is InChI=1S/C20H24O6S/c1-3-25-20(21)19(26-27(22,23)18-12-5-4-6-13-18)14-8-10-16-9-7-11-17(15-16)24-2/h4-7,9,11-13,15,19H,3,8,10,14H2,1-2H3/t19-/m1/s1. The predicted molar refractivity (Wildman–Crippen MR) is 101 cm³/mol. The van der Waals surface area contributed by atoms with E-state index in [-0.39, 0.29) is 17.9 Å². The van der Waals surface area contributed by atoms with Crippen LogP contribution >= 0.6 is 0 Å². The van der Waals surface area contributed by atoms with E-state index in [2.05, 4.69) is 0 Å². The SMILES string of the molecule is CCOC(=O)[C@@H](CCCc1cccc(OC)c1)OS(=O)(=O)c1ccccc1. The second kappa shape index (κ2) is 10.1. The summed E-state index contributed by atoms with van der Waals surface area (Å²) in [6.45, 7) is 1.82. The molecule has 0 aliphatic carbocycles. The summed E-state index contributed by atoms with van der Waals surface area (Å²) in [5.74, 6) is 0.0694. The van der Waals surface area contributed by atoms with E-state index < -0.39 is 22.2 Å². The monoisotopic (exact) mass is 392 g/mol. The van der Waals surface area contributed by atoms with Gasteiger partial charge in [-0.15, -0.1) is 0 Å². The maximum Gasteiger partial charge on any atom is 0.336 e. The molecule has 0 N–H and O–H groups in total. The fourth-order valence-corrected chi connectivity index (χ4v) is 3.64. The lowest BCUT2D eigenvalue weighted by Gasteiger charge is -2.16. The highest BCUT2D eigenvalue weighted by Gasteiger charge is 2.28. The zero-order chi connectivity index (χ0) is 19.7. The molecule has 27 heavy (non-hydrogen) atoms. The first-order valence-corrected chi connectivity index (χ1v) is 10.1. The summed E-state index contributed by atoms with van der Waals surface area (Å²) in [4.78, 5) is 12.2. The molecule has 7 heteroatoms. The van der Waals surface area contributed by atoms with Crippen LogP contribution in [0.1, 0.15) is 25.3 Å². The van der Waals surface area contributed by atoms with Gasteiger partial charge in [-0.25, -0.2) is 4.79 Å². The van der Waals surface area contributed by atoms with E-state index >= 15 is 0 Å². The van der Waals surface area contributed by atoms with Crippen LogP contribution in [-0.2, 0) is 30.3 Å². The van der Waals surface area contributed by atoms with Crippen molar-refractivity contribution in [1.29, 1.82) is 0 Å². The third-order valence-corrected chi connectivity index (χ3v) is 5.23. The van der Waals surface area contributed by atoms with Crippen molar-refractivity contribution in [3.05, 3.63) is 60.2 Å². The first-order valence-electron chi connectivity index (χ1n) is 8.74. The molecule has 0 aliphatic heterocycles. The number of esters is 1. The summed E-state index contributed by atoms with van der Waals surface area (Å²) in [5.41, 5.74) is 1.03. The van der Waals surface area contributed by atoms with Crippen molar-refractivity contribution < 1.29 is 26.9 Å². The van der Waals surface area contributed by atoms with Gasteiger partial charge in [0.25, 0.3) is 10.1 Å². The number of carbonyl (C=O) groups excluding carboxylic acids is 1. The first-order chi connectivity index (χ1) is 13.0. The Morgan fingerprint density at radius 3 is 2.48 bits per heavy atom. The average Bonchev–Trinajstić information content (AvgIpc) is 2.68. The molecule has 2 aromatic carbocycles. The summed E-state index contributed by atoms with van der Waals surface area (Å²) in [6.07, 6.45) is 0.256. The van der Waals surface area contributed by atoms with Gasteiger partial charge in [0.15, 0.2) is 6.10 Å². The summed E-state index contributed by atoms with van der Waals surface area (Å²) in [6, 6.07) is 15.3. The third-order valence-electron chi connectivity index (χ3n) is 3.89. The van der Waals surface area contributed by atoms with Gasteiger partial charge < -0.3 is 9.47 Å². The van der Waals surface area contributed by atoms with Crippen molar-refractivity contribution in [1.82, 2.24) is 0 Å². The highest BCUT2D eigenvalue weighted by Crippen LogP contribution is 2.19. The Kier molecular flexibility index (Phi) is 7.82. The third kappa shape index (κ3) is 6.37. The summed E-state index contributed by atoms with van der Waals surface area (Å²) < 4.78 is 40.2. The van der Waals surface area contributed by atoms with Crippen molar-refractivity contribution in [3.8, 4) is 5.75 Å². The lowest BCUT2D eigenvalue weighted by molar-refractivity contribution is -0.151. The Morgan fingerprint density at radius 1 is 1.07 bits per heavy atom. The Morgan fingerprint density at radius 2 is 1.81 bits per heavy atom. The van der Waals surface area contributed by atoms with Gasteiger partial charge in [0.2, 0.25) is 0 Å². The van der Waals surface area contributed by atoms with Crippen LogP contribution in [-0.4, -0.2) is 34.2 Å². The van der Waals surface area contributed by atoms with Crippen LogP contribution in [0.3, 0.4) is 0 Å². The highest BCUT2D eigenvalue weighted by molar-refractivity contribution is 7.86. The molecule has 6 nitrogen and oxygen atoms in total. The molecule has 0 amide bonds. The quantitative estimate of drug-likeness (QED) is 0.456. The van der Waals surface area contributed by atoms with Gasteiger partial charge >= 0.3 is 5.97 Å². The molecule has 0 heterocycles. The normalized spacial score (nSPS) is 12.4. The van der Waals surface area contributed by atoms with Crippen LogP contribution in [0, 0.1) is 0 Å². The Labute approximate surface area is 160 Å². The molecule has 2 aromatic rings. The fourth-order valence-electron chi connectivity index (χ4n) is 2.56. The maximum absolute atomic E-state index is 12.4. The second-order valence-electron chi connectivity index (χ2n) is 5.85. The highest BCUT2D eigenvalue weighted by atomic mass is 32.2. The minimum absolute atomic E-state index is 0.00657. The molecule has 0 bridgehead atoms. The van der Waals surface area contributed by atoms with E-state index in [0.29, 0.717) is 12.8 Å². The van der Waals surface area contributed by atoms with E-state index in [1.165, 1.54) is 12.1 Å². The summed E-state index contributed by atoms with van der Waals surface area (Å²) >= 11 is 0. The van der Waals surface area contributed by atoms with Crippen molar-refractivity contribution >= 4 is 16.1 Å². The molecular weight excluding hydrogens is 368 g/mol. The van der Waals surface area contributed by atoms with Crippen LogP contribution in [0.4, 0.5) is 0 Å². The van der Waals surface area contributed by atoms with Crippen LogP contribution in [0.2, 0.25) is 0 Å². The van der Waals surface area contributed by atoms with E-state index in [1.54, 1.807) is 32.2 Å². The molecule has 0 saturated heterocycles. The van der Waals surface area contributed by atoms with Gasteiger partial charge in [0.1, 0.15) is 5.75 Å². The molecule has 0 aliphatic rings. The molecule has 0 saturated carbocycles. The minimum Gasteiger partial charge on any atom is -0.497 e. The van der Waals surface area contributed by atoms with Gasteiger partial charge in [-0.3, -0.25) is 4.18 Å². The summed E-state index contributed by atoms with van der Waals surface area (Å²) in [5, 5.41) is 0. The van der Waals surface area contributed by atoms with Crippen molar-refractivity contribution in [2.45, 2.75) is 37.2 Å². The topological polar surface area (TPSA) is 78.9 Å². The molecule has 0 fully saturated rings. The number of ether oxygens (including phenoxy) is 2. The lowest BCUT2D eigenvalue weighted by atomic mass is 10.1. The number of methoxy groups -OCH3 is 1. The average molecular weight is 392 g/mol. The van der Waals surface area contributed by atoms with Crippen molar-refractivity contribution in [2.75, 3.05) is 13.7 Å². The molecule has 0 radical (unpaired) electrons. The second-order valence-corrected chi connectivity index (χ2v) is 7.42. The molecule has 0 aromatic heterocycles. The van der Waals surface area contributed by atoms with Crippen molar-refractivity contribution in [3.63, 3.8) is 0 Å². The lowest BCUT2D eigenvalue weighted by Crippen LogP contribution is -2.29. The van der Waals surface area contributed by atoms with Crippen LogP contribution in [0.15, 0.2) is 59.5 Å². The van der Waals surface area contributed by atoms with E-state index in [4.69, 9.17) is 13.7 Å². The van der Waals surface area contributed by atoms with Gasteiger partial charge in [-0.2, -0.15) is 8.42 Å².